The van der Waals surface area contributed by atoms with E-state index in [0.717, 1.165) is 29.8 Å². The minimum atomic E-state index is -4.21. The minimum Gasteiger partial charge on any atom is -0.351 e. The van der Waals surface area contributed by atoms with E-state index in [1.165, 1.54) is 12.1 Å². The maximum atomic E-state index is 13.9. The summed E-state index contributed by atoms with van der Waals surface area (Å²) in [6.07, 6.45) is 1.40. The second-order valence-corrected chi connectivity index (χ2v) is 9.49. The molecule has 2 aromatic rings. The molecule has 31 heavy (non-hydrogen) atoms. The second kappa shape index (κ2) is 9.57. The van der Waals surface area contributed by atoms with Crippen molar-refractivity contribution >= 4 is 27.5 Å². The number of anilines is 1. The molecule has 2 aromatic carbocycles. The van der Waals surface area contributed by atoms with Gasteiger partial charge in [0, 0.05) is 25.2 Å². The van der Waals surface area contributed by atoms with Gasteiger partial charge < -0.3 is 10.2 Å². The van der Waals surface area contributed by atoms with Gasteiger partial charge in [-0.05, 0) is 42.2 Å². The molecule has 3 rings (SSSR count). The Morgan fingerprint density at radius 2 is 1.81 bits per heavy atom. The van der Waals surface area contributed by atoms with Crippen LogP contribution in [0.4, 0.5) is 10.1 Å². The van der Waals surface area contributed by atoms with E-state index < -0.39 is 32.7 Å². The molecular weight excluding hydrogens is 421 g/mol. The maximum Gasteiger partial charge on any atom is 0.244 e. The quantitative estimate of drug-likeness (QED) is 0.650. The highest BCUT2D eigenvalue weighted by Crippen LogP contribution is 2.21. The van der Waals surface area contributed by atoms with Crippen molar-refractivity contribution in [2.45, 2.75) is 44.2 Å². The number of hydrogen-bond donors (Lipinski definition) is 2. The van der Waals surface area contributed by atoms with Gasteiger partial charge in [0.05, 0.1) is 0 Å². The van der Waals surface area contributed by atoms with E-state index in [9.17, 15) is 22.4 Å². The number of carbonyl (C=O) groups is 2. The van der Waals surface area contributed by atoms with Crippen LogP contribution < -0.4 is 14.9 Å². The van der Waals surface area contributed by atoms with Gasteiger partial charge in [-0.1, -0.05) is 38.1 Å². The first-order valence-corrected chi connectivity index (χ1v) is 11.6. The Morgan fingerprint density at radius 1 is 1.13 bits per heavy atom. The molecule has 0 unspecified atom stereocenters. The minimum absolute atomic E-state index is 0.1000. The summed E-state index contributed by atoms with van der Waals surface area (Å²) in [5, 5.41) is 2.73. The number of amides is 2. The van der Waals surface area contributed by atoms with E-state index in [-0.39, 0.29) is 18.4 Å². The zero-order valence-electron chi connectivity index (χ0n) is 17.5. The van der Waals surface area contributed by atoms with Gasteiger partial charge in [0.2, 0.25) is 21.8 Å². The number of benzene rings is 2. The summed E-state index contributed by atoms with van der Waals surface area (Å²) in [5.41, 5.74) is 1.62. The van der Waals surface area contributed by atoms with Crippen LogP contribution in [0.25, 0.3) is 0 Å². The lowest BCUT2D eigenvalue weighted by Gasteiger charge is -2.22. The summed E-state index contributed by atoms with van der Waals surface area (Å²) in [4.78, 5) is 25.8. The highest BCUT2D eigenvalue weighted by Gasteiger charge is 2.29. The predicted molar refractivity (Wildman–Crippen MR) is 115 cm³/mol. The number of nitrogens with zero attached hydrogens (tertiary/aromatic N) is 1. The summed E-state index contributed by atoms with van der Waals surface area (Å²) in [5.74, 6) is -1.64. The molecule has 0 saturated carbocycles. The van der Waals surface area contributed by atoms with Gasteiger partial charge in [-0.15, -0.1) is 0 Å². The smallest absolute Gasteiger partial charge is 0.244 e. The molecule has 1 saturated heterocycles. The van der Waals surface area contributed by atoms with Crippen LogP contribution in [0.1, 0.15) is 32.3 Å². The van der Waals surface area contributed by atoms with Gasteiger partial charge in [-0.25, -0.2) is 12.8 Å². The van der Waals surface area contributed by atoms with Crippen LogP contribution in [-0.2, 0) is 26.2 Å². The van der Waals surface area contributed by atoms with Crippen molar-refractivity contribution < 1.29 is 22.4 Å². The first kappa shape index (κ1) is 22.9. The molecule has 0 aliphatic carbocycles. The van der Waals surface area contributed by atoms with Crippen molar-refractivity contribution in [1.29, 1.82) is 0 Å². The van der Waals surface area contributed by atoms with E-state index in [2.05, 4.69) is 10.0 Å². The van der Waals surface area contributed by atoms with Crippen molar-refractivity contribution in [3.63, 3.8) is 0 Å². The van der Waals surface area contributed by atoms with Crippen LogP contribution in [0, 0.1) is 11.7 Å². The third-order valence-corrected chi connectivity index (χ3v) is 6.62. The molecular formula is C22H26FN3O4S. The summed E-state index contributed by atoms with van der Waals surface area (Å²) >= 11 is 0. The zero-order valence-corrected chi connectivity index (χ0v) is 18.3. The molecule has 2 N–H and O–H groups in total. The lowest BCUT2D eigenvalue weighted by molar-refractivity contribution is -0.123. The molecule has 2 amide bonds. The van der Waals surface area contributed by atoms with Crippen molar-refractivity contribution in [1.82, 2.24) is 10.0 Å². The van der Waals surface area contributed by atoms with Crippen LogP contribution in [-0.4, -0.2) is 32.8 Å². The Labute approximate surface area is 181 Å². The van der Waals surface area contributed by atoms with Crippen LogP contribution in [0.15, 0.2) is 53.4 Å². The van der Waals surface area contributed by atoms with Gasteiger partial charge in [-0.3, -0.25) is 9.59 Å². The summed E-state index contributed by atoms with van der Waals surface area (Å²) in [6.45, 7) is 4.30. The monoisotopic (exact) mass is 447 g/mol. The number of nitrogens with one attached hydrogen (secondary N) is 2. The number of rotatable bonds is 8. The van der Waals surface area contributed by atoms with Crippen molar-refractivity contribution in [3.05, 3.63) is 59.9 Å². The summed E-state index contributed by atoms with van der Waals surface area (Å²) in [6, 6.07) is 11.2. The van der Waals surface area contributed by atoms with E-state index in [4.69, 9.17) is 0 Å². The number of hydrogen-bond acceptors (Lipinski definition) is 4. The maximum absolute atomic E-state index is 13.9. The molecule has 0 bridgehead atoms. The molecule has 166 valence electrons. The molecule has 0 radical (unpaired) electrons. The highest BCUT2D eigenvalue weighted by molar-refractivity contribution is 7.89. The molecule has 9 heteroatoms. The van der Waals surface area contributed by atoms with Crippen LogP contribution in [0.2, 0.25) is 0 Å². The molecule has 1 aliphatic rings. The number of carbonyl (C=O) groups excluding carboxylic acids is 2. The van der Waals surface area contributed by atoms with E-state index >= 15 is 0 Å². The van der Waals surface area contributed by atoms with E-state index in [1.807, 2.05) is 24.3 Å². The average Bonchev–Trinajstić information content (AvgIpc) is 3.16. The van der Waals surface area contributed by atoms with Gasteiger partial charge in [0.25, 0.3) is 0 Å². The second-order valence-electron chi connectivity index (χ2n) is 7.81. The first-order chi connectivity index (χ1) is 14.7. The standard InChI is InChI=1S/C22H26FN3O4S/c1-15(2)21(25-31(29,30)19-7-4-3-6-18(19)23)22(28)24-14-16-9-11-17(12-10-16)26-13-5-8-20(26)27/h3-4,6-7,9-12,15,21,25H,5,8,13-14H2,1-2H3,(H,24,28)/t21-/m0/s1. The lowest BCUT2D eigenvalue weighted by atomic mass is 10.0. The molecule has 0 spiro atoms. The van der Waals surface area contributed by atoms with E-state index in [0.29, 0.717) is 13.0 Å². The SMILES string of the molecule is CC(C)[C@H](NS(=O)(=O)c1ccccc1F)C(=O)NCc1ccc(N2CCCC2=O)cc1. The largest absolute Gasteiger partial charge is 0.351 e. The Kier molecular flexibility index (Phi) is 7.07. The molecule has 7 nitrogen and oxygen atoms in total. The van der Waals surface area contributed by atoms with Gasteiger partial charge >= 0.3 is 0 Å². The van der Waals surface area contributed by atoms with Crippen molar-refractivity contribution in [3.8, 4) is 0 Å². The predicted octanol–water partition coefficient (Wildman–Crippen LogP) is 2.57. The van der Waals surface area contributed by atoms with Crippen LogP contribution in [0.3, 0.4) is 0 Å². The fourth-order valence-electron chi connectivity index (χ4n) is 3.40. The molecule has 1 aliphatic heterocycles. The molecule has 1 fully saturated rings. The van der Waals surface area contributed by atoms with E-state index in [1.54, 1.807) is 18.7 Å². The normalized spacial score (nSPS) is 15.4. The average molecular weight is 448 g/mol. The fourth-order valence-corrected chi connectivity index (χ4v) is 4.82. The fraction of sp³-hybridized carbons (Fsp3) is 0.364. The summed E-state index contributed by atoms with van der Waals surface area (Å²) in [7, 11) is -4.21. The Balaban J connectivity index is 1.64. The number of halogens is 1. The molecule has 1 atom stereocenters. The van der Waals surface area contributed by atoms with Crippen LogP contribution >= 0.6 is 0 Å². The molecule has 1 heterocycles. The Hall–Kier alpha value is -2.78. The van der Waals surface area contributed by atoms with Gasteiger partial charge in [0.15, 0.2) is 0 Å². The number of sulfonamides is 1. The Morgan fingerprint density at radius 3 is 2.39 bits per heavy atom. The Bertz CT molecular complexity index is 1050. The third kappa shape index (κ3) is 5.48. The zero-order chi connectivity index (χ0) is 22.6. The third-order valence-electron chi connectivity index (χ3n) is 5.15. The van der Waals surface area contributed by atoms with Gasteiger partial charge in [0.1, 0.15) is 16.8 Å². The first-order valence-electron chi connectivity index (χ1n) is 10.1. The molecule has 0 aromatic heterocycles. The summed E-state index contributed by atoms with van der Waals surface area (Å²) < 4.78 is 41.4. The van der Waals surface area contributed by atoms with Crippen molar-refractivity contribution in [2.75, 3.05) is 11.4 Å². The van der Waals surface area contributed by atoms with Gasteiger partial charge in [-0.2, -0.15) is 4.72 Å². The highest BCUT2D eigenvalue weighted by atomic mass is 32.2. The lowest BCUT2D eigenvalue weighted by Crippen LogP contribution is -2.49. The van der Waals surface area contributed by atoms with Crippen LogP contribution in [0.5, 0.6) is 0 Å². The van der Waals surface area contributed by atoms with Crippen molar-refractivity contribution in [2.24, 2.45) is 5.92 Å². The topological polar surface area (TPSA) is 95.6 Å².